The lowest BCUT2D eigenvalue weighted by Gasteiger charge is -2.43. The number of H-pyrrole nitrogens is 1. The Labute approximate surface area is 107 Å². The van der Waals surface area contributed by atoms with Gasteiger partial charge in [0.15, 0.2) is 5.03 Å². The third kappa shape index (κ3) is 2.06. The zero-order chi connectivity index (χ0) is 12.6. The molecule has 18 heavy (non-hydrogen) atoms. The Hall–Kier alpha value is -0.920. The lowest BCUT2D eigenvalue weighted by Crippen LogP contribution is -2.56. The van der Waals surface area contributed by atoms with Crippen LogP contribution in [0.15, 0.2) is 17.6 Å². The summed E-state index contributed by atoms with van der Waals surface area (Å²) in [5.41, 5.74) is 0. The molecule has 1 unspecified atom stereocenters. The molecule has 0 bridgehead atoms. The molecule has 100 valence electrons. The Morgan fingerprint density at radius 2 is 2.17 bits per heavy atom. The second-order valence-corrected chi connectivity index (χ2v) is 6.87. The van der Waals surface area contributed by atoms with Gasteiger partial charge in [-0.05, 0) is 19.4 Å². The van der Waals surface area contributed by atoms with E-state index in [1.165, 1.54) is 25.4 Å². The van der Waals surface area contributed by atoms with Crippen LogP contribution >= 0.6 is 0 Å². The first-order valence-corrected chi connectivity index (χ1v) is 7.84. The van der Waals surface area contributed by atoms with E-state index in [4.69, 9.17) is 0 Å². The number of hydrogen-bond acceptors (Lipinski definition) is 4. The number of sulfonamides is 1. The molecule has 3 heterocycles. The van der Waals surface area contributed by atoms with Crippen LogP contribution in [0.25, 0.3) is 0 Å². The van der Waals surface area contributed by atoms with Gasteiger partial charge in [-0.2, -0.15) is 4.31 Å². The Morgan fingerprint density at radius 1 is 1.28 bits per heavy atom. The standard InChI is InChI=1S/C11H18N4O2S/c16-18(17,11-7-12-9-13-11)15-6-5-14-4-2-1-3-10(14)8-15/h7,9-10H,1-6,8H2,(H,12,13). The first kappa shape index (κ1) is 12.1. The third-order valence-corrected chi connectivity index (χ3v) is 5.68. The molecule has 0 amide bonds. The van der Waals surface area contributed by atoms with E-state index in [9.17, 15) is 8.42 Å². The van der Waals surface area contributed by atoms with Gasteiger partial charge in [0.05, 0.1) is 12.5 Å². The van der Waals surface area contributed by atoms with Gasteiger partial charge in [-0.25, -0.2) is 13.4 Å². The minimum Gasteiger partial charge on any atom is -0.335 e. The number of piperazine rings is 1. The van der Waals surface area contributed by atoms with E-state index < -0.39 is 10.0 Å². The maximum absolute atomic E-state index is 12.4. The van der Waals surface area contributed by atoms with Crippen molar-refractivity contribution in [2.45, 2.75) is 30.3 Å². The van der Waals surface area contributed by atoms with Gasteiger partial charge in [0, 0.05) is 25.7 Å². The van der Waals surface area contributed by atoms with E-state index in [0.29, 0.717) is 19.1 Å². The highest BCUT2D eigenvalue weighted by atomic mass is 32.2. The van der Waals surface area contributed by atoms with Crippen LogP contribution in [0.3, 0.4) is 0 Å². The monoisotopic (exact) mass is 270 g/mol. The van der Waals surface area contributed by atoms with E-state index >= 15 is 0 Å². The summed E-state index contributed by atoms with van der Waals surface area (Å²) in [4.78, 5) is 8.90. The van der Waals surface area contributed by atoms with Crippen LogP contribution in [0.5, 0.6) is 0 Å². The minimum absolute atomic E-state index is 0.201. The van der Waals surface area contributed by atoms with Gasteiger partial charge >= 0.3 is 0 Å². The molecule has 0 aliphatic carbocycles. The van der Waals surface area contributed by atoms with Gasteiger partial charge in [-0.1, -0.05) is 6.42 Å². The number of fused-ring (bicyclic) bond motifs is 1. The highest BCUT2D eigenvalue weighted by Crippen LogP contribution is 2.24. The molecule has 2 saturated heterocycles. The molecular formula is C11H18N4O2S. The molecular weight excluding hydrogens is 252 g/mol. The molecule has 6 nitrogen and oxygen atoms in total. The lowest BCUT2D eigenvalue weighted by atomic mass is 10.0. The summed E-state index contributed by atoms with van der Waals surface area (Å²) >= 11 is 0. The van der Waals surface area contributed by atoms with Gasteiger partial charge in [-0.3, -0.25) is 4.90 Å². The molecule has 2 fully saturated rings. The predicted octanol–water partition coefficient (Wildman–Crippen LogP) is 0.269. The Balaban J connectivity index is 1.78. The van der Waals surface area contributed by atoms with Crippen LogP contribution in [0.2, 0.25) is 0 Å². The van der Waals surface area contributed by atoms with Crippen molar-refractivity contribution < 1.29 is 8.42 Å². The van der Waals surface area contributed by atoms with Crippen molar-refractivity contribution in [1.29, 1.82) is 0 Å². The van der Waals surface area contributed by atoms with Crippen molar-refractivity contribution in [3.63, 3.8) is 0 Å². The van der Waals surface area contributed by atoms with Gasteiger partial charge < -0.3 is 4.98 Å². The number of nitrogens with one attached hydrogen (secondary N) is 1. The van der Waals surface area contributed by atoms with Crippen LogP contribution in [-0.2, 0) is 10.0 Å². The van der Waals surface area contributed by atoms with Crippen LogP contribution < -0.4 is 0 Å². The maximum atomic E-state index is 12.4. The molecule has 0 saturated carbocycles. The predicted molar refractivity (Wildman–Crippen MR) is 66.6 cm³/mol. The minimum atomic E-state index is -3.38. The summed E-state index contributed by atoms with van der Waals surface area (Å²) in [7, 11) is -3.38. The maximum Gasteiger partial charge on any atom is 0.260 e. The van der Waals surface area contributed by atoms with Crippen molar-refractivity contribution in [2.24, 2.45) is 0 Å². The quantitative estimate of drug-likeness (QED) is 0.837. The average molecular weight is 270 g/mol. The van der Waals surface area contributed by atoms with Crippen LogP contribution in [0, 0.1) is 0 Å². The van der Waals surface area contributed by atoms with E-state index in [2.05, 4.69) is 14.9 Å². The Kier molecular flexibility index (Phi) is 3.13. The van der Waals surface area contributed by atoms with Gasteiger partial charge in [0.25, 0.3) is 10.0 Å². The highest BCUT2D eigenvalue weighted by Gasteiger charge is 2.35. The smallest absolute Gasteiger partial charge is 0.260 e. The number of hydrogen-bond donors (Lipinski definition) is 1. The first-order valence-electron chi connectivity index (χ1n) is 6.40. The summed E-state index contributed by atoms with van der Waals surface area (Å²) in [6, 6.07) is 0.394. The lowest BCUT2D eigenvalue weighted by molar-refractivity contribution is 0.0851. The molecule has 2 aliphatic rings. The molecule has 0 aromatic carbocycles. The Bertz CT molecular complexity index is 499. The fourth-order valence-electron chi connectivity index (χ4n) is 2.87. The largest absolute Gasteiger partial charge is 0.335 e. The van der Waals surface area contributed by atoms with Crippen molar-refractivity contribution in [3.8, 4) is 0 Å². The summed E-state index contributed by atoms with van der Waals surface area (Å²) in [5, 5.41) is 0.201. The van der Waals surface area contributed by atoms with Crippen molar-refractivity contribution in [2.75, 3.05) is 26.2 Å². The Morgan fingerprint density at radius 3 is 2.94 bits per heavy atom. The normalized spacial score (nSPS) is 27.0. The van der Waals surface area contributed by atoms with Crippen LogP contribution in [-0.4, -0.2) is 59.8 Å². The zero-order valence-corrected chi connectivity index (χ0v) is 11.1. The van der Waals surface area contributed by atoms with Gasteiger partial charge in [-0.15, -0.1) is 0 Å². The first-order chi connectivity index (χ1) is 8.68. The molecule has 1 N–H and O–H groups in total. The van der Waals surface area contributed by atoms with Crippen LogP contribution in [0.4, 0.5) is 0 Å². The van der Waals surface area contributed by atoms with Gasteiger partial charge in [0.2, 0.25) is 0 Å². The third-order valence-electron chi connectivity index (χ3n) is 3.89. The molecule has 2 aliphatic heterocycles. The zero-order valence-electron chi connectivity index (χ0n) is 10.2. The number of aromatic amines is 1. The van der Waals surface area contributed by atoms with Crippen LogP contribution in [0.1, 0.15) is 19.3 Å². The molecule has 7 heteroatoms. The van der Waals surface area contributed by atoms with E-state index in [0.717, 1.165) is 19.5 Å². The molecule has 3 rings (SSSR count). The van der Waals surface area contributed by atoms with Gasteiger partial charge in [0.1, 0.15) is 0 Å². The number of imidazole rings is 1. The van der Waals surface area contributed by atoms with Crippen molar-refractivity contribution >= 4 is 10.0 Å². The highest BCUT2D eigenvalue weighted by molar-refractivity contribution is 7.89. The second kappa shape index (κ2) is 4.64. The van der Waals surface area contributed by atoms with E-state index in [1.807, 2.05) is 0 Å². The second-order valence-electron chi connectivity index (χ2n) is 4.96. The van der Waals surface area contributed by atoms with E-state index in [1.54, 1.807) is 4.31 Å². The summed E-state index contributed by atoms with van der Waals surface area (Å²) in [6.07, 6.45) is 6.34. The number of aromatic nitrogens is 2. The number of nitrogens with zero attached hydrogens (tertiary/aromatic N) is 3. The molecule has 0 spiro atoms. The van der Waals surface area contributed by atoms with E-state index in [-0.39, 0.29) is 5.03 Å². The summed E-state index contributed by atoms with van der Waals surface area (Å²) < 4.78 is 26.3. The fourth-order valence-corrected chi connectivity index (χ4v) is 4.23. The molecule has 1 atom stereocenters. The average Bonchev–Trinajstić information content (AvgIpc) is 2.92. The number of rotatable bonds is 2. The molecule has 1 aromatic rings. The summed E-state index contributed by atoms with van der Waals surface area (Å²) in [6.45, 7) is 3.15. The number of piperidine rings is 1. The van der Waals surface area contributed by atoms with Crippen molar-refractivity contribution in [1.82, 2.24) is 19.2 Å². The fraction of sp³-hybridized carbons (Fsp3) is 0.727. The molecule has 1 aromatic heterocycles. The topological polar surface area (TPSA) is 69.3 Å². The summed E-state index contributed by atoms with van der Waals surface area (Å²) in [5.74, 6) is 0. The molecule has 0 radical (unpaired) electrons. The van der Waals surface area contributed by atoms with Crippen molar-refractivity contribution in [3.05, 3.63) is 12.5 Å². The SMILES string of the molecule is O=S(=O)(c1cnc[nH]1)N1CCN2CCCCC2C1.